The van der Waals surface area contributed by atoms with Gasteiger partial charge in [0.2, 0.25) is 0 Å². The highest BCUT2D eigenvalue weighted by Crippen LogP contribution is 2.22. The van der Waals surface area contributed by atoms with Gasteiger partial charge in [-0.15, -0.1) is 0 Å². The minimum absolute atomic E-state index is 0.189. The molecule has 1 atom stereocenters. The van der Waals surface area contributed by atoms with E-state index in [1.54, 1.807) is 0 Å². The molecule has 0 aliphatic carbocycles. The van der Waals surface area contributed by atoms with Crippen molar-refractivity contribution in [3.63, 3.8) is 0 Å². The highest BCUT2D eigenvalue weighted by molar-refractivity contribution is 6.31. The van der Waals surface area contributed by atoms with Crippen LogP contribution in [0, 0.1) is 18.7 Å². The Morgan fingerprint density at radius 1 is 1.10 bits per heavy atom. The molecule has 1 nitrogen and oxygen atoms in total. The first-order valence-electron chi connectivity index (χ1n) is 7.22. The van der Waals surface area contributed by atoms with E-state index in [1.807, 2.05) is 32.2 Å². The topological polar surface area (TPSA) is 12.0 Å². The van der Waals surface area contributed by atoms with Gasteiger partial charge < -0.3 is 5.32 Å². The average Bonchev–Trinajstić information content (AvgIpc) is 2.44. The minimum Gasteiger partial charge on any atom is -0.319 e. The molecule has 0 saturated heterocycles. The molecule has 3 heteroatoms. The lowest BCUT2D eigenvalue weighted by atomic mass is 9.92. The molecule has 0 heterocycles. The summed E-state index contributed by atoms with van der Waals surface area (Å²) < 4.78 is 13.0. The van der Waals surface area contributed by atoms with Gasteiger partial charge in [-0.25, -0.2) is 4.39 Å². The fraction of sp³-hybridized carbons (Fsp3) is 0.333. The highest BCUT2D eigenvalue weighted by Gasteiger charge is 2.12. The zero-order chi connectivity index (χ0) is 15.2. The van der Waals surface area contributed by atoms with Crippen LogP contribution in [0.2, 0.25) is 5.02 Å². The molecule has 2 rings (SSSR count). The Labute approximate surface area is 131 Å². The summed E-state index contributed by atoms with van der Waals surface area (Å²) in [5.74, 6) is 0.242. The first-order chi connectivity index (χ1) is 10.1. The van der Waals surface area contributed by atoms with Crippen LogP contribution in [0.25, 0.3) is 0 Å². The molecule has 0 aromatic heterocycles. The molecule has 0 bridgehead atoms. The Bertz CT molecular complexity index is 580. The molecule has 1 unspecified atom stereocenters. The van der Waals surface area contributed by atoms with Crippen LogP contribution in [0.15, 0.2) is 42.5 Å². The van der Waals surface area contributed by atoms with Crippen LogP contribution in [-0.4, -0.2) is 13.6 Å². The Morgan fingerprint density at radius 2 is 1.81 bits per heavy atom. The minimum atomic E-state index is -0.189. The molecule has 21 heavy (non-hydrogen) atoms. The molecule has 0 radical (unpaired) electrons. The largest absolute Gasteiger partial charge is 0.319 e. The predicted octanol–water partition coefficient (Wildman–Crippen LogP) is 4.41. The molecule has 0 saturated carbocycles. The zero-order valence-electron chi connectivity index (χ0n) is 12.5. The number of halogens is 2. The standard InChI is InChI=1S/C18H21ClFN/c1-13-3-6-16(18(19)9-13)11-15(12-21-2)10-14-4-7-17(20)8-5-14/h3-9,15,21H,10-12H2,1-2H3. The number of aryl methyl sites for hydroxylation is 1. The molecule has 0 amide bonds. The molecule has 0 spiro atoms. The normalized spacial score (nSPS) is 12.4. The van der Waals surface area contributed by atoms with E-state index in [2.05, 4.69) is 17.4 Å². The fourth-order valence-electron chi connectivity index (χ4n) is 2.59. The maximum Gasteiger partial charge on any atom is 0.123 e. The van der Waals surface area contributed by atoms with Crippen molar-refractivity contribution in [2.75, 3.05) is 13.6 Å². The molecular formula is C18H21ClFN. The smallest absolute Gasteiger partial charge is 0.123 e. The number of nitrogens with one attached hydrogen (secondary N) is 1. The summed E-state index contributed by atoms with van der Waals surface area (Å²) in [6.45, 7) is 2.95. The Kier molecular flexibility index (Phi) is 5.77. The van der Waals surface area contributed by atoms with Gasteiger partial charge in [0.15, 0.2) is 0 Å². The summed E-state index contributed by atoms with van der Waals surface area (Å²) in [7, 11) is 1.95. The molecule has 112 valence electrons. The number of hydrogen-bond acceptors (Lipinski definition) is 1. The summed E-state index contributed by atoms with van der Waals surface area (Å²) in [5.41, 5.74) is 3.50. The third-order valence-electron chi connectivity index (χ3n) is 3.65. The number of benzene rings is 2. The van der Waals surface area contributed by atoms with Crippen LogP contribution in [0.5, 0.6) is 0 Å². The Morgan fingerprint density at radius 3 is 2.43 bits per heavy atom. The van der Waals surface area contributed by atoms with Crippen LogP contribution in [-0.2, 0) is 12.8 Å². The lowest BCUT2D eigenvalue weighted by Gasteiger charge is -2.18. The maximum atomic E-state index is 13.0. The van der Waals surface area contributed by atoms with Gasteiger partial charge in [-0.1, -0.05) is 35.9 Å². The summed E-state index contributed by atoms with van der Waals surface area (Å²) in [6, 6.07) is 12.9. The van der Waals surface area contributed by atoms with Crippen molar-refractivity contribution >= 4 is 11.6 Å². The summed E-state index contributed by atoms with van der Waals surface area (Å²) in [4.78, 5) is 0. The van der Waals surface area contributed by atoms with Crippen molar-refractivity contribution in [1.29, 1.82) is 0 Å². The monoisotopic (exact) mass is 305 g/mol. The second-order valence-electron chi connectivity index (χ2n) is 5.55. The van der Waals surface area contributed by atoms with E-state index in [4.69, 9.17) is 11.6 Å². The van der Waals surface area contributed by atoms with E-state index in [0.29, 0.717) is 5.92 Å². The van der Waals surface area contributed by atoms with Gasteiger partial charge in [-0.3, -0.25) is 0 Å². The predicted molar refractivity (Wildman–Crippen MR) is 87.4 cm³/mol. The molecule has 0 aliphatic rings. The second kappa shape index (κ2) is 7.58. The van der Waals surface area contributed by atoms with Gasteiger partial charge in [0.25, 0.3) is 0 Å². The summed E-state index contributed by atoms with van der Waals surface area (Å²) in [6.07, 6.45) is 1.82. The average molecular weight is 306 g/mol. The summed E-state index contributed by atoms with van der Waals surface area (Å²) >= 11 is 6.33. The van der Waals surface area contributed by atoms with Gasteiger partial charge in [-0.05, 0) is 74.2 Å². The molecule has 0 fully saturated rings. The van der Waals surface area contributed by atoms with E-state index >= 15 is 0 Å². The third kappa shape index (κ3) is 4.83. The van der Waals surface area contributed by atoms with E-state index in [9.17, 15) is 4.39 Å². The van der Waals surface area contributed by atoms with Crippen molar-refractivity contribution in [2.45, 2.75) is 19.8 Å². The zero-order valence-corrected chi connectivity index (χ0v) is 13.3. The maximum absolute atomic E-state index is 13.0. The summed E-state index contributed by atoms with van der Waals surface area (Å²) in [5, 5.41) is 4.06. The lowest BCUT2D eigenvalue weighted by molar-refractivity contribution is 0.493. The quantitative estimate of drug-likeness (QED) is 0.833. The Hall–Kier alpha value is -1.38. The van der Waals surface area contributed by atoms with E-state index in [1.165, 1.54) is 23.3 Å². The highest BCUT2D eigenvalue weighted by atomic mass is 35.5. The van der Waals surface area contributed by atoms with E-state index < -0.39 is 0 Å². The first-order valence-corrected chi connectivity index (χ1v) is 7.60. The van der Waals surface area contributed by atoms with E-state index in [-0.39, 0.29) is 5.82 Å². The molecule has 2 aromatic rings. The van der Waals surface area contributed by atoms with Crippen molar-refractivity contribution < 1.29 is 4.39 Å². The number of rotatable bonds is 6. The van der Waals surface area contributed by atoms with Gasteiger partial charge in [0.1, 0.15) is 5.82 Å². The first kappa shape index (κ1) is 16.0. The van der Waals surface area contributed by atoms with Crippen LogP contribution in [0.3, 0.4) is 0 Å². The van der Waals surface area contributed by atoms with Gasteiger partial charge in [0, 0.05) is 5.02 Å². The van der Waals surface area contributed by atoms with Gasteiger partial charge >= 0.3 is 0 Å². The van der Waals surface area contributed by atoms with Crippen LogP contribution < -0.4 is 5.32 Å². The third-order valence-corrected chi connectivity index (χ3v) is 4.00. The van der Waals surface area contributed by atoms with Crippen molar-refractivity contribution in [2.24, 2.45) is 5.92 Å². The van der Waals surface area contributed by atoms with Crippen LogP contribution >= 0.6 is 11.6 Å². The Balaban J connectivity index is 2.09. The fourth-order valence-corrected chi connectivity index (χ4v) is 2.90. The SMILES string of the molecule is CNCC(Cc1ccc(F)cc1)Cc1ccc(C)cc1Cl. The van der Waals surface area contributed by atoms with Crippen LogP contribution in [0.1, 0.15) is 16.7 Å². The van der Waals surface area contributed by atoms with Crippen LogP contribution in [0.4, 0.5) is 4.39 Å². The van der Waals surface area contributed by atoms with E-state index in [0.717, 1.165) is 30.0 Å². The van der Waals surface area contributed by atoms with Crippen molar-refractivity contribution in [3.05, 3.63) is 70.0 Å². The number of hydrogen-bond donors (Lipinski definition) is 1. The molecule has 0 aliphatic heterocycles. The van der Waals surface area contributed by atoms with Crippen molar-refractivity contribution in [3.8, 4) is 0 Å². The van der Waals surface area contributed by atoms with Crippen molar-refractivity contribution in [1.82, 2.24) is 5.32 Å². The van der Waals surface area contributed by atoms with Gasteiger partial charge in [0.05, 0.1) is 0 Å². The molecule has 2 aromatic carbocycles. The van der Waals surface area contributed by atoms with Gasteiger partial charge in [-0.2, -0.15) is 0 Å². The lowest BCUT2D eigenvalue weighted by Crippen LogP contribution is -2.23. The second-order valence-corrected chi connectivity index (χ2v) is 5.96. The molecule has 1 N–H and O–H groups in total. The molecular weight excluding hydrogens is 285 g/mol.